The Balaban J connectivity index is 0.000000913. The molecule has 0 radical (unpaired) electrons. The zero-order chi connectivity index (χ0) is 22.8. The number of imidazole rings is 1. The molecule has 0 saturated carbocycles. The number of fused-ring (bicyclic) bond motifs is 1. The molecule has 3 N–H and O–H groups in total. The quantitative estimate of drug-likeness (QED) is 0.358. The van der Waals surface area contributed by atoms with Gasteiger partial charge in [-0.15, -0.1) is 0 Å². The normalized spacial score (nSPS) is 10.4. The van der Waals surface area contributed by atoms with Crippen molar-refractivity contribution in [1.29, 1.82) is 0 Å². The summed E-state index contributed by atoms with van der Waals surface area (Å²) in [7, 11) is 0. The molecule has 2 aromatic carbocycles. The number of hydrogen-bond acceptors (Lipinski definition) is 6. The number of carboxylic acid groups (broad SMARTS) is 1. The fourth-order valence-electron chi connectivity index (χ4n) is 3.02. The topological polar surface area (TPSA) is 113 Å². The van der Waals surface area contributed by atoms with Gasteiger partial charge in [-0.2, -0.15) is 0 Å². The highest BCUT2D eigenvalue weighted by atomic mass is 19.1. The van der Waals surface area contributed by atoms with Crippen LogP contribution in [0.15, 0.2) is 55.1 Å². The molecule has 0 atom stereocenters. The average molecular weight is 437 g/mol. The summed E-state index contributed by atoms with van der Waals surface area (Å²) in [6.07, 6.45) is 5.95. The standard InChI is InChI=1S/C22H22FN5O.CH2O2/c1-2-7-29-21-6-4-16(9-18(21)23)17-11-25-22(26-12-17)13-24-10-15-3-5-19-20(8-15)28-14-27-19;2-1-3/h3-6,8-9,11-12,14,24H,2,7,10,13H2,1H3,(H,27,28);1H,(H,2,3). The summed E-state index contributed by atoms with van der Waals surface area (Å²) in [6.45, 7) is 3.47. The van der Waals surface area contributed by atoms with Gasteiger partial charge in [-0.25, -0.2) is 19.3 Å². The number of halogens is 1. The molecule has 9 heteroatoms. The number of H-pyrrole nitrogens is 1. The molecule has 2 heterocycles. The highest BCUT2D eigenvalue weighted by Gasteiger charge is 2.07. The van der Waals surface area contributed by atoms with E-state index in [-0.39, 0.29) is 18.0 Å². The molecule has 0 fully saturated rings. The third-order valence-electron chi connectivity index (χ3n) is 4.53. The summed E-state index contributed by atoms with van der Waals surface area (Å²) < 4.78 is 19.5. The van der Waals surface area contributed by atoms with Gasteiger partial charge in [-0.1, -0.05) is 19.1 Å². The number of nitrogens with zero attached hydrogens (tertiary/aromatic N) is 3. The van der Waals surface area contributed by atoms with Gasteiger partial charge in [0.25, 0.3) is 6.47 Å². The minimum atomic E-state index is -0.379. The summed E-state index contributed by atoms with van der Waals surface area (Å²) >= 11 is 0. The maximum atomic E-state index is 14.2. The first-order chi connectivity index (χ1) is 15.6. The molecule has 0 aliphatic heterocycles. The van der Waals surface area contributed by atoms with E-state index >= 15 is 0 Å². The molecule has 4 rings (SSSR count). The second-order valence-corrected chi connectivity index (χ2v) is 6.84. The van der Waals surface area contributed by atoms with Crippen molar-refractivity contribution in [3.05, 3.63) is 72.3 Å². The van der Waals surface area contributed by atoms with E-state index < -0.39 is 0 Å². The van der Waals surface area contributed by atoms with Gasteiger partial charge in [0.15, 0.2) is 11.6 Å². The van der Waals surface area contributed by atoms with Crippen LogP contribution in [0.5, 0.6) is 5.75 Å². The van der Waals surface area contributed by atoms with Crippen LogP contribution in [-0.2, 0) is 17.9 Å². The molecule has 4 aromatic rings. The van der Waals surface area contributed by atoms with Gasteiger partial charge in [0.1, 0.15) is 5.82 Å². The lowest BCUT2D eigenvalue weighted by Gasteiger charge is -2.08. The van der Waals surface area contributed by atoms with Crippen molar-refractivity contribution in [2.75, 3.05) is 6.61 Å². The van der Waals surface area contributed by atoms with Gasteiger partial charge < -0.3 is 20.1 Å². The smallest absolute Gasteiger partial charge is 0.290 e. The molecule has 0 bridgehead atoms. The number of aromatic amines is 1. The summed E-state index contributed by atoms with van der Waals surface area (Å²) in [5, 5.41) is 10.2. The van der Waals surface area contributed by atoms with E-state index in [1.165, 1.54) is 6.07 Å². The minimum absolute atomic E-state index is 0.250. The fourth-order valence-corrected chi connectivity index (χ4v) is 3.02. The van der Waals surface area contributed by atoms with Gasteiger partial charge in [0, 0.05) is 24.5 Å². The first-order valence-electron chi connectivity index (χ1n) is 10.1. The Kier molecular flexibility index (Phi) is 8.22. The van der Waals surface area contributed by atoms with Crippen LogP contribution < -0.4 is 10.1 Å². The lowest BCUT2D eigenvalue weighted by Crippen LogP contribution is -2.14. The van der Waals surface area contributed by atoms with Crippen LogP contribution in [0.4, 0.5) is 4.39 Å². The second kappa shape index (κ2) is 11.5. The SMILES string of the molecule is CCCOc1ccc(-c2cnc(CNCc3ccc4nc[nH]c4c3)nc2)cc1F.O=CO. The van der Waals surface area contributed by atoms with Crippen molar-refractivity contribution < 1.29 is 19.0 Å². The highest BCUT2D eigenvalue weighted by molar-refractivity contribution is 5.75. The van der Waals surface area contributed by atoms with Crippen molar-refractivity contribution in [3.8, 4) is 16.9 Å². The van der Waals surface area contributed by atoms with Crippen LogP contribution in [0.2, 0.25) is 0 Å². The largest absolute Gasteiger partial charge is 0.491 e. The Hall–Kier alpha value is -3.85. The lowest BCUT2D eigenvalue weighted by atomic mass is 10.1. The Bertz CT molecular complexity index is 1150. The monoisotopic (exact) mass is 437 g/mol. The number of ether oxygens (including phenoxy) is 1. The average Bonchev–Trinajstić information content (AvgIpc) is 3.27. The molecular weight excluding hydrogens is 413 g/mol. The Labute approximate surface area is 184 Å². The summed E-state index contributed by atoms with van der Waals surface area (Å²) in [5.74, 6) is 0.571. The minimum Gasteiger partial charge on any atom is -0.491 e. The third-order valence-corrected chi connectivity index (χ3v) is 4.53. The summed E-state index contributed by atoms with van der Waals surface area (Å²) in [4.78, 5) is 24.5. The summed E-state index contributed by atoms with van der Waals surface area (Å²) in [5.41, 5.74) is 4.61. The first kappa shape index (κ1) is 22.8. The number of benzene rings is 2. The van der Waals surface area contributed by atoms with Crippen molar-refractivity contribution in [2.45, 2.75) is 26.4 Å². The van der Waals surface area contributed by atoms with Crippen LogP contribution in [0.1, 0.15) is 24.7 Å². The molecule has 0 aliphatic carbocycles. The molecular formula is C23H24FN5O3. The molecule has 0 unspecified atom stereocenters. The van der Waals surface area contributed by atoms with Crippen molar-refractivity contribution in [3.63, 3.8) is 0 Å². The van der Waals surface area contributed by atoms with Gasteiger partial charge in [-0.3, -0.25) is 4.79 Å². The fraction of sp³-hybridized carbons (Fsp3) is 0.217. The number of hydrogen-bond donors (Lipinski definition) is 3. The molecule has 0 saturated heterocycles. The molecule has 0 spiro atoms. The predicted octanol–water partition coefficient (Wildman–Crippen LogP) is 3.94. The van der Waals surface area contributed by atoms with Gasteiger partial charge in [0.05, 0.1) is 30.5 Å². The highest BCUT2D eigenvalue weighted by Crippen LogP contribution is 2.25. The molecule has 0 amide bonds. The van der Waals surface area contributed by atoms with Crippen molar-refractivity contribution >= 4 is 17.5 Å². The van der Waals surface area contributed by atoms with Gasteiger partial charge >= 0.3 is 0 Å². The van der Waals surface area contributed by atoms with Crippen LogP contribution in [-0.4, -0.2) is 38.1 Å². The number of carbonyl (C=O) groups is 1. The van der Waals surface area contributed by atoms with E-state index in [9.17, 15) is 4.39 Å². The summed E-state index contributed by atoms with van der Waals surface area (Å²) in [6, 6.07) is 11.0. The van der Waals surface area contributed by atoms with E-state index in [1.807, 2.05) is 25.1 Å². The zero-order valence-electron chi connectivity index (χ0n) is 17.6. The number of nitrogens with one attached hydrogen (secondary N) is 2. The van der Waals surface area contributed by atoms with Crippen molar-refractivity contribution in [2.24, 2.45) is 0 Å². The van der Waals surface area contributed by atoms with Crippen LogP contribution in [0.25, 0.3) is 22.2 Å². The Morgan fingerprint density at radius 3 is 2.59 bits per heavy atom. The van der Waals surface area contributed by atoms with Gasteiger partial charge in [0.2, 0.25) is 0 Å². The molecule has 2 aromatic heterocycles. The molecule has 8 nitrogen and oxygen atoms in total. The van der Waals surface area contributed by atoms with E-state index in [1.54, 1.807) is 24.8 Å². The molecule has 32 heavy (non-hydrogen) atoms. The predicted molar refractivity (Wildman–Crippen MR) is 119 cm³/mol. The van der Waals surface area contributed by atoms with Gasteiger partial charge in [-0.05, 0) is 41.8 Å². The lowest BCUT2D eigenvalue weighted by molar-refractivity contribution is -0.122. The van der Waals surface area contributed by atoms with E-state index in [0.29, 0.717) is 25.5 Å². The van der Waals surface area contributed by atoms with Crippen LogP contribution in [0, 0.1) is 5.82 Å². The van der Waals surface area contributed by atoms with E-state index in [2.05, 4.69) is 31.3 Å². The molecule has 0 aliphatic rings. The third kappa shape index (κ3) is 6.08. The first-order valence-corrected chi connectivity index (χ1v) is 10.1. The Morgan fingerprint density at radius 1 is 1.09 bits per heavy atom. The Morgan fingerprint density at radius 2 is 1.88 bits per heavy atom. The van der Waals surface area contributed by atoms with Crippen LogP contribution >= 0.6 is 0 Å². The number of rotatable bonds is 8. The maximum Gasteiger partial charge on any atom is 0.290 e. The zero-order valence-corrected chi connectivity index (χ0v) is 17.6. The maximum absolute atomic E-state index is 14.2. The van der Waals surface area contributed by atoms with Crippen molar-refractivity contribution in [1.82, 2.24) is 25.3 Å². The molecule has 166 valence electrons. The van der Waals surface area contributed by atoms with Crippen LogP contribution in [0.3, 0.4) is 0 Å². The van der Waals surface area contributed by atoms with E-state index in [4.69, 9.17) is 14.6 Å². The second-order valence-electron chi connectivity index (χ2n) is 6.84. The van der Waals surface area contributed by atoms with E-state index in [0.717, 1.165) is 34.1 Å². The number of aromatic nitrogens is 4.